The molecule has 0 unspecified atom stereocenters. The standard InChI is InChI=1S/C15H16N2/c1-11(13-6-8-17-9-7-13)12(2)14-4-3-5-15(16)10-14/h3-10H,16H2,1-2H3. The average molecular weight is 224 g/mol. The van der Waals surface area contributed by atoms with Gasteiger partial charge in [0.1, 0.15) is 0 Å². The van der Waals surface area contributed by atoms with Crippen LogP contribution in [-0.2, 0) is 0 Å². The summed E-state index contributed by atoms with van der Waals surface area (Å²) in [5.74, 6) is 0. The molecule has 0 saturated carbocycles. The van der Waals surface area contributed by atoms with Crippen molar-refractivity contribution in [2.24, 2.45) is 0 Å². The molecule has 1 aromatic heterocycles. The fourth-order valence-electron chi connectivity index (χ4n) is 1.81. The molecule has 0 fully saturated rings. The summed E-state index contributed by atoms with van der Waals surface area (Å²) < 4.78 is 0. The van der Waals surface area contributed by atoms with Gasteiger partial charge in [0, 0.05) is 18.1 Å². The summed E-state index contributed by atoms with van der Waals surface area (Å²) in [6.07, 6.45) is 3.62. The topological polar surface area (TPSA) is 38.9 Å². The highest BCUT2D eigenvalue weighted by Crippen LogP contribution is 2.26. The van der Waals surface area contributed by atoms with Gasteiger partial charge in [0.2, 0.25) is 0 Å². The van der Waals surface area contributed by atoms with Gasteiger partial charge in [0.25, 0.3) is 0 Å². The Bertz CT molecular complexity index is 542. The van der Waals surface area contributed by atoms with Crippen molar-refractivity contribution in [1.29, 1.82) is 0 Å². The van der Waals surface area contributed by atoms with Crippen LogP contribution in [0.15, 0.2) is 48.8 Å². The van der Waals surface area contributed by atoms with Crippen molar-refractivity contribution in [3.63, 3.8) is 0 Å². The summed E-state index contributed by atoms with van der Waals surface area (Å²) in [6.45, 7) is 4.23. The number of nitrogen functional groups attached to an aromatic ring is 1. The van der Waals surface area contributed by atoms with Crippen LogP contribution in [0.3, 0.4) is 0 Å². The summed E-state index contributed by atoms with van der Waals surface area (Å²) in [7, 11) is 0. The van der Waals surface area contributed by atoms with Gasteiger partial charge in [-0.25, -0.2) is 0 Å². The van der Waals surface area contributed by atoms with Gasteiger partial charge in [-0.15, -0.1) is 0 Å². The van der Waals surface area contributed by atoms with E-state index in [-0.39, 0.29) is 0 Å². The minimum atomic E-state index is 0.796. The Hall–Kier alpha value is -2.09. The zero-order chi connectivity index (χ0) is 12.3. The number of anilines is 1. The molecule has 0 aliphatic rings. The number of hydrogen-bond donors (Lipinski definition) is 1. The van der Waals surface area contributed by atoms with Crippen LogP contribution < -0.4 is 5.73 Å². The van der Waals surface area contributed by atoms with Gasteiger partial charge < -0.3 is 5.73 Å². The van der Waals surface area contributed by atoms with Gasteiger partial charge in [-0.05, 0) is 60.4 Å². The number of allylic oxidation sites excluding steroid dienone is 2. The SMILES string of the molecule is CC(=C(C)c1cccc(N)c1)c1ccncc1. The van der Waals surface area contributed by atoms with E-state index in [0.717, 1.165) is 5.69 Å². The zero-order valence-corrected chi connectivity index (χ0v) is 10.1. The summed E-state index contributed by atoms with van der Waals surface area (Å²) in [4.78, 5) is 4.03. The maximum Gasteiger partial charge on any atom is 0.0320 e. The summed E-state index contributed by atoms with van der Waals surface area (Å²) in [5, 5.41) is 0. The normalized spacial score (nSPS) is 12.1. The Morgan fingerprint density at radius 2 is 1.59 bits per heavy atom. The summed E-state index contributed by atoms with van der Waals surface area (Å²) in [5.41, 5.74) is 11.4. The Balaban J connectivity index is 2.45. The molecule has 1 heterocycles. The van der Waals surface area contributed by atoms with Crippen molar-refractivity contribution in [3.05, 3.63) is 59.9 Å². The number of nitrogens with two attached hydrogens (primary N) is 1. The second kappa shape index (κ2) is 4.83. The largest absolute Gasteiger partial charge is 0.399 e. The maximum absolute atomic E-state index is 5.80. The number of benzene rings is 1. The number of hydrogen-bond acceptors (Lipinski definition) is 2. The third-order valence-corrected chi connectivity index (χ3v) is 3.00. The minimum absolute atomic E-state index is 0.796. The van der Waals surface area contributed by atoms with E-state index in [9.17, 15) is 0 Å². The lowest BCUT2D eigenvalue weighted by atomic mass is 9.97. The van der Waals surface area contributed by atoms with E-state index in [1.807, 2.05) is 42.7 Å². The molecule has 86 valence electrons. The second-order valence-electron chi connectivity index (χ2n) is 4.11. The van der Waals surface area contributed by atoms with E-state index in [2.05, 4.69) is 24.9 Å². The molecule has 0 atom stereocenters. The number of nitrogens with zero attached hydrogens (tertiary/aromatic N) is 1. The lowest BCUT2D eigenvalue weighted by Gasteiger charge is -2.09. The molecule has 2 heteroatoms. The third kappa shape index (κ3) is 2.53. The van der Waals surface area contributed by atoms with Crippen LogP contribution in [0.1, 0.15) is 25.0 Å². The Morgan fingerprint density at radius 1 is 0.941 bits per heavy atom. The fraction of sp³-hybridized carbons (Fsp3) is 0.133. The molecule has 0 spiro atoms. The molecule has 0 aliphatic heterocycles. The van der Waals surface area contributed by atoms with Crippen LogP contribution in [0.5, 0.6) is 0 Å². The number of pyridine rings is 1. The van der Waals surface area contributed by atoms with Crippen molar-refractivity contribution < 1.29 is 0 Å². The van der Waals surface area contributed by atoms with Crippen LogP contribution in [0.25, 0.3) is 11.1 Å². The zero-order valence-electron chi connectivity index (χ0n) is 10.1. The molecule has 0 aliphatic carbocycles. The smallest absolute Gasteiger partial charge is 0.0320 e. The molecular weight excluding hydrogens is 208 g/mol. The van der Waals surface area contributed by atoms with E-state index >= 15 is 0 Å². The molecule has 17 heavy (non-hydrogen) atoms. The lowest BCUT2D eigenvalue weighted by molar-refractivity contribution is 1.31. The predicted molar refractivity (Wildman–Crippen MR) is 73.3 cm³/mol. The minimum Gasteiger partial charge on any atom is -0.399 e. The summed E-state index contributed by atoms with van der Waals surface area (Å²) in [6, 6.07) is 12.0. The first-order chi connectivity index (χ1) is 8.18. The van der Waals surface area contributed by atoms with E-state index in [1.54, 1.807) is 0 Å². The fourth-order valence-corrected chi connectivity index (χ4v) is 1.81. The van der Waals surface area contributed by atoms with Gasteiger partial charge in [-0.3, -0.25) is 4.98 Å². The van der Waals surface area contributed by atoms with E-state index in [0.29, 0.717) is 0 Å². The van der Waals surface area contributed by atoms with E-state index in [1.165, 1.54) is 22.3 Å². The van der Waals surface area contributed by atoms with Crippen LogP contribution in [0.2, 0.25) is 0 Å². The molecule has 0 saturated heterocycles. The Labute approximate surface area is 102 Å². The van der Waals surface area contributed by atoms with Crippen LogP contribution >= 0.6 is 0 Å². The van der Waals surface area contributed by atoms with Gasteiger partial charge in [0.05, 0.1) is 0 Å². The highest BCUT2D eigenvalue weighted by molar-refractivity contribution is 5.89. The molecule has 2 nitrogen and oxygen atoms in total. The molecule has 2 aromatic rings. The third-order valence-electron chi connectivity index (χ3n) is 3.00. The predicted octanol–water partition coefficient (Wildman–Crippen LogP) is 3.61. The molecular formula is C15H16N2. The average Bonchev–Trinajstić information content (AvgIpc) is 2.38. The Kier molecular flexibility index (Phi) is 3.24. The first kappa shape index (κ1) is 11.4. The quantitative estimate of drug-likeness (QED) is 0.791. The molecule has 2 rings (SSSR count). The molecule has 0 amide bonds. The second-order valence-corrected chi connectivity index (χ2v) is 4.11. The molecule has 2 N–H and O–H groups in total. The van der Waals surface area contributed by atoms with Crippen LogP contribution in [0, 0.1) is 0 Å². The monoisotopic (exact) mass is 224 g/mol. The summed E-state index contributed by atoms with van der Waals surface area (Å²) >= 11 is 0. The van der Waals surface area contributed by atoms with Crippen molar-refractivity contribution in [2.45, 2.75) is 13.8 Å². The molecule has 0 radical (unpaired) electrons. The maximum atomic E-state index is 5.80. The van der Waals surface area contributed by atoms with Crippen molar-refractivity contribution in [3.8, 4) is 0 Å². The highest BCUT2D eigenvalue weighted by atomic mass is 14.6. The number of rotatable bonds is 2. The van der Waals surface area contributed by atoms with Crippen LogP contribution in [0.4, 0.5) is 5.69 Å². The molecule has 1 aromatic carbocycles. The van der Waals surface area contributed by atoms with Gasteiger partial charge in [-0.1, -0.05) is 12.1 Å². The van der Waals surface area contributed by atoms with Gasteiger partial charge in [0.15, 0.2) is 0 Å². The first-order valence-corrected chi connectivity index (χ1v) is 5.62. The van der Waals surface area contributed by atoms with Gasteiger partial charge in [-0.2, -0.15) is 0 Å². The Morgan fingerprint density at radius 3 is 2.24 bits per heavy atom. The van der Waals surface area contributed by atoms with Crippen molar-refractivity contribution in [2.75, 3.05) is 5.73 Å². The highest BCUT2D eigenvalue weighted by Gasteiger charge is 2.03. The van der Waals surface area contributed by atoms with Crippen molar-refractivity contribution in [1.82, 2.24) is 4.98 Å². The van der Waals surface area contributed by atoms with E-state index < -0.39 is 0 Å². The number of aromatic nitrogens is 1. The van der Waals surface area contributed by atoms with Gasteiger partial charge >= 0.3 is 0 Å². The van der Waals surface area contributed by atoms with Crippen LogP contribution in [-0.4, -0.2) is 4.98 Å². The molecule has 0 bridgehead atoms. The first-order valence-electron chi connectivity index (χ1n) is 5.62. The van der Waals surface area contributed by atoms with Crippen molar-refractivity contribution >= 4 is 16.8 Å². The van der Waals surface area contributed by atoms with E-state index in [4.69, 9.17) is 5.73 Å². The lowest BCUT2D eigenvalue weighted by Crippen LogP contribution is -1.89.